The number of fused-ring (bicyclic) bond motifs is 1. The van der Waals surface area contributed by atoms with Crippen LogP contribution in [0.25, 0.3) is 11.0 Å². The van der Waals surface area contributed by atoms with Crippen LogP contribution in [0.5, 0.6) is 5.75 Å². The van der Waals surface area contributed by atoms with Crippen molar-refractivity contribution < 1.29 is 13.9 Å². The molecule has 5 nitrogen and oxygen atoms in total. The summed E-state index contributed by atoms with van der Waals surface area (Å²) in [6, 6.07) is 11.6. The summed E-state index contributed by atoms with van der Waals surface area (Å²) in [5.74, 6) is 0.352. The first-order chi connectivity index (χ1) is 12.0. The van der Waals surface area contributed by atoms with Gasteiger partial charge in [0.05, 0.1) is 23.4 Å². The Bertz CT molecular complexity index is 880. The molecule has 0 saturated carbocycles. The van der Waals surface area contributed by atoms with Gasteiger partial charge in [0.25, 0.3) is 0 Å². The lowest BCUT2D eigenvalue weighted by Gasteiger charge is -2.10. The smallest absolute Gasteiger partial charge is 0.233 e. The van der Waals surface area contributed by atoms with Gasteiger partial charge >= 0.3 is 0 Å². The summed E-state index contributed by atoms with van der Waals surface area (Å²) >= 11 is 1.35. The van der Waals surface area contributed by atoms with Gasteiger partial charge in [-0.1, -0.05) is 23.9 Å². The van der Waals surface area contributed by atoms with Crippen LogP contribution in [0.4, 0.5) is 4.39 Å². The molecule has 1 amide bonds. The number of nitrogens with one attached hydrogen (secondary N) is 2. The number of H-pyrrole nitrogens is 1. The molecule has 1 heterocycles. The van der Waals surface area contributed by atoms with Crippen molar-refractivity contribution in [1.29, 1.82) is 0 Å². The minimum Gasteiger partial charge on any atom is -0.497 e. The molecule has 0 bridgehead atoms. The number of benzene rings is 2. The molecule has 0 saturated heterocycles. The molecule has 0 aliphatic heterocycles. The van der Waals surface area contributed by atoms with E-state index in [2.05, 4.69) is 15.3 Å². The number of ether oxygens (including phenoxy) is 1. The van der Waals surface area contributed by atoms with Crippen LogP contribution in [0.3, 0.4) is 0 Å². The number of carbonyl (C=O) groups is 1. The van der Waals surface area contributed by atoms with Crippen LogP contribution in [-0.2, 0) is 11.3 Å². The van der Waals surface area contributed by atoms with E-state index >= 15 is 0 Å². The third-order valence-corrected chi connectivity index (χ3v) is 4.69. The minimum absolute atomic E-state index is 0.104. The highest BCUT2D eigenvalue weighted by Crippen LogP contribution is 2.25. The molecule has 1 aromatic heterocycles. The number of carbonyl (C=O) groups excluding carboxylic acids is 1. The first-order valence-corrected chi connectivity index (χ1v) is 8.65. The number of aromatic amines is 1. The van der Waals surface area contributed by atoms with Crippen molar-refractivity contribution in [2.75, 3.05) is 7.11 Å². The van der Waals surface area contributed by atoms with Gasteiger partial charge in [0.15, 0.2) is 5.16 Å². The predicted molar refractivity (Wildman–Crippen MR) is 96.2 cm³/mol. The van der Waals surface area contributed by atoms with Gasteiger partial charge in [-0.15, -0.1) is 0 Å². The molecule has 3 aromatic rings. The topological polar surface area (TPSA) is 67.0 Å². The van der Waals surface area contributed by atoms with Crippen LogP contribution in [0.15, 0.2) is 47.6 Å². The number of methoxy groups -OCH3 is 1. The van der Waals surface area contributed by atoms with Crippen molar-refractivity contribution in [2.45, 2.75) is 23.9 Å². The Morgan fingerprint density at radius 3 is 2.80 bits per heavy atom. The van der Waals surface area contributed by atoms with Gasteiger partial charge < -0.3 is 15.0 Å². The van der Waals surface area contributed by atoms with E-state index in [1.54, 1.807) is 19.2 Å². The second-order valence-electron chi connectivity index (χ2n) is 5.53. The van der Waals surface area contributed by atoms with Crippen LogP contribution >= 0.6 is 11.8 Å². The molecule has 2 aromatic carbocycles. The van der Waals surface area contributed by atoms with Gasteiger partial charge in [-0.2, -0.15) is 0 Å². The van der Waals surface area contributed by atoms with Gasteiger partial charge in [0.2, 0.25) is 5.91 Å². The zero-order chi connectivity index (χ0) is 17.8. The minimum atomic E-state index is -0.317. The highest BCUT2D eigenvalue weighted by molar-refractivity contribution is 8.00. The number of aromatic nitrogens is 2. The highest BCUT2D eigenvalue weighted by atomic mass is 32.2. The van der Waals surface area contributed by atoms with Crippen LogP contribution in [0.2, 0.25) is 0 Å². The van der Waals surface area contributed by atoms with Crippen molar-refractivity contribution in [2.24, 2.45) is 0 Å². The summed E-state index contributed by atoms with van der Waals surface area (Å²) < 4.78 is 18.1. The van der Waals surface area contributed by atoms with Crippen LogP contribution in [-0.4, -0.2) is 28.2 Å². The fourth-order valence-electron chi connectivity index (χ4n) is 2.30. The second kappa shape index (κ2) is 7.57. The van der Waals surface area contributed by atoms with Crippen molar-refractivity contribution in [3.05, 3.63) is 53.8 Å². The number of amides is 1. The molecule has 130 valence electrons. The van der Waals surface area contributed by atoms with Crippen LogP contribution in [0, 0.1) is 5.82 Å². The van der Waals surface area contributed by atoms with E-state index in [1.807, 2.05) is 25.1 Å². The lowest BCUT2D eigenvalue weighted by atomic mass is 10.2. The Kier molecular flexibility index (Phi) is 5.23. The Morgan fingerprint density at radius 1 is 1.32 bits per heavy atom. The van der Waals surface area contributed by atoms with Gasteiger partial charge in [-0.05, 0) is 36.8 Å². The van der Waals surface area contributed by atoms with Crippen molar-refractivity contribution >= 4 is 28.7 Å². The summed E-state index contributed by atoms with van der Waals surface area (Å²) in [5.41, 5.74) is 2.53. The standard InChI is InChI=1S/C18H18FN3O2S/c1-11(17(23)20-10-12-3-5-13(19)6-4-12)25-18-21-15-8-7-14(24-2)9-16(15)22-18/h3-9,11H,10H2,1-2H3,(H,20,23)(H,21,22). The number of halogens is 1. The fourth-order valence-corrected chi connectivity index (χ4v) is 3.15. The molecule has 0 aliphatic carbocycles. The molecule has 7 heteroatoms. The Balaban J connectivity index is 1.60. The SMILES string of the molecule is COc1ccc2nc(SC(C)C(=O)NCc3ccc(F)cc3)[nH]c2c1. The summed E-state index contributed by atoms with van der Waals surface area (Å²) in [6.45, 7) is 2.18. The van der Waals surface area contributed by atoms with Gasteiger partial charge in [0.1, 0.15) is 11.6 Å². The maximum atomic E-state index is 12.9. The number of hydrogen-bond donors (Lipinski definition) is 2. The Morgan fingerprint density at radius 2 is 2.08 bits per heavy atom. The first-order valence-electron chi connectivity index (χ1n) is 7.78. The molecule has 0 fully saturated rings. The molecule has 0 spiro atoms. The van der Waals surface area contributed by atoms with E-state index in [1.165, 1.54) is 23.9 Å². The zero-order valence-electron chi connectivity index (χ0n) is 13.9. The molecule has 1 atom stereocenters. The molecular formula is C18H18FN3O2S. The predicted octanol–water partition coefficient (Wildman–Crippen LogP) is 3.51. The third kappa shape index (κ3) is 4.30. The van der Waals surface area contributed by atoms with E-state index in [4.69, 9.17) is 4.74 Å². The Hall–Kier alpha value is -2.54. The monoisotopic (exact) mass is 359 g/mol. The van der Waals surface area contributed by atoms with Gasteiger partial charge in [-0.3, -0.25) is 4.79 Å². The molecule has 25 heavy (non-hydrogen) atoms. The molecule has 3 rings (SSSR count). The van der Waals surface area contributed by atoms with Gasteiger partial charge in [0, 0.05) is 12.6 Å². The van der Waals surface area contributed by atoms with Crippen molar-refractivity contribution in [3.63, 3.8) is 0 Å². The molecule has 0 aliphatic rings. The molecule has 2 N–H and O–H groups in total. The number of thioether (sulfide) groups is 1. The van der Waals surface area contributed by atoms with Gasteiger partial charge in [-0.25, -0.2) is 9.37 Å². The summed E-state index contributed by atoms with van der Waals surface area (Å²) in [4.78, 5) is 19.9. The second-order valence-corrected chi connectivity index (χ2v) is 6.86. The van der Waals surface area contributed by atoms with E-state index in [0.717, 1.165) is 22.3 Å². The van der Waals surface area contributed by atoms with Crippen molar-refractivity contribution in [1.82, 2.24) is 15.3 Å². The molecular weight excluding hydrogens is 341 g/mol. The number of imidazole rings is 1. The molecule has 1 unspecified atom stereocenters. The summed E-state index contributed by atoms with van der Waals surface area (Å²) in [6.07, 6.45) is 0. The van der Waals surface area contributed by atoms with E-state index in [9.17, 15) is 9.18 Å². The summed E-state index contributed by atoms with van der Waals surface area (Å²) in [5, 5.41) is 3.20. The quantitative estimate of drug-likeness (QED) is 0.661. The van der Waals surface area contributed by atoms with E-state index in [-0.39, 0.29) is 17.0 Å². The highest BCUT2D eigenvalue weighted by Gasteiger charge is 2.16. The van der Waals surface area contributed by atoms with Crippen LogP contribution in [0.1, 0.15) is 12.5 Å². The number of rotatable bonds is 6. The average molecular weight is 359 g/mol. The lowest BCUT2D eigenvalue weighted by molar-refractivity contribution is -0.120. The first kappa shape index (κ1) is 17.3. The summed E-state index contributed by atoms with van der Waals surface area (Å²) in [7, 11) is 1.61. The fraction of sp³-hybridized carbons (Fsp3) is 0.222. The Labute approximate surface area is 149 Å². The van der Waals surface area contributed by atoms with Crippen LogP contribution < -0.4 is 10.1 Å². The average Bonchev–Trinajstić information content (AvgIpc) is 3.02. The normalized spacial score (nSPS) is 12.1. The maximum absolute atomic E-state index is 12.9. The zero-order valence-corrected chi connectivity index (χ0v) is 14.7. The largest absolute Gasteiger partial charge is 0.497 e. The van der Waals surface area contributed by atoms with E-state index < -0.39 is 0 Å². The number of hydrogen-bond acceptors (Lipinski definition) is 4. The lowest BCUT2D eigenvalue weighted by Crippen LogP contribution is -2.30. The third-order valence-electron chi connectivity index (χ3n) is 3.70. The number of nitrogens with zero attached hydrogens (tertiary/aromatic N) is 1. The maximum Gasteiger partial charge on any atom is 0.233 e. The molecule has 0 radical (unpaired) electrons. The van der Waals surface area contributed by atoms with E-state index in [0.29, 0.717) is 11.7 Å². The van der Waals surface area contributed by atoms with Crippen molar-refractivity contribution in [3.8, 4) is 5.75 Å².